The molecule has 0 aliphatic heterocycles. The van der Waals surface area contributed by atoms with E-state index >= 15 is 0 Å². The van der Waals surface area contributed by atoms with Crippen LogP contribution in [0.25, 0.3) is 16.6 Å². The number of nitrogens with zero attached hydrogens (tertiary/aromatic N) is 3. The number of fused-ring (bicyclic) bond motifs is 1. The van der Waals surface area contributed by atoms with Gasteiger partial charge in [-0.1, -0.05) is 24.3 Å². The van der Waals surface area contributed by atoms with E-state index in [1.165, 1.54) is 6.07 Å². The average molecular weight is 383 g/mol. The summed E-state index contributed by atoms with van der Waals surface area (Å²) in [5.41, 5.74) is 2.96. The normalized spacial score (nSPS) is 11.3. The fourth-order valence-electron chi connectivity index (χ4n) is 3.21. The minimum atomic E-state index is -3.04. The summed E-state index contributed by atoms with van der Waals surface area (Å²) < 4.78 is 46.3. The van der Waals surface area contributed by atoms with Crippen LogP contribution in [0.2, 0.25) is 0 Å². The van der Waals surface area contributed by atoms with Crippen LogP contribution in [0, 0.1) is 12.7 Å². The monoisotopic (exact) mass is 383 g/mol. The minimum absolute atomic E-state index is 0.0217. The summed E-state index contributed by atoms with van der Waals surface area (Å²) in [5, 5.41) is 4.75. The molecule has 2 heterocycles. The minimum Gasteiger partial charge on any atom is -0.417 e. The zero-order valence-corrected chi connectivity index (χ0v) is 14.9. The number of hydrogen-bond donors (Lipinski definition) is 0. The maximum absolute atomic E-state index is 14.1. The molecule has 2 aromatic carbocycles. The predicted octanol–water partition coefficient (Wildman–Crippen LogP) is 5.06. The first-order valence-electron chi connectivity index (χ1n) is 8.64. The van der Waals surface area contributed by atoms with Gasteiger partial charge in [0.05, 0.1) is 5.69 Å². The molecule has 142 valence electrons. The molecule has 0 bridgehead atoms. The second kappa shape index (κ2) is 7.34. The third-order valence-electron chi connectivity index (χ3n) is 4.60. The van der Waals surface area contributed by atoms with E-state index in [1.54, 1.807) is 29.9 Å². The molecule has 0 saturated carbocycles. The first kappa shape index (κ1) is 18.0. The largest absolute Gasteiger partial charge is 0.417 e. The van der Waals surface area contributed by atoms with Crippen LogP contribution in [0.4, 0.5) is 13.2 Å². The summed E-state index contributed by atoms with van der Waals surface area (Å²) in [6.07, 6.45) is 3.84. The fourth-order valence-corrected chi connectivity index (χ4v) is 3.21. The van der Waals surface area contributed by atoms with Crippen molar-refractivity contribution in [3.8, 4) is 11.6 Å². The number of halogens is 3. The number of aryl methyl sites for hydroxylation is 1. The lowest BCUT2D eigenvalue weighted by Gasteiger charge is -2.15. The van der Waals surface area contributed by atoms with Crippen molar-refractivity contribution in [2.24, 2.45) is 0 Å². The van der Waals surface area contributed by atoms with E-state index in [4.69, 9.17) is 0 Å². The van der Waals surface area contributed by atoms with Crippen molar-refractivity contribution in [2.45, 2.75) is 20.0 Å². The predicted molar refractivity (Wildman–Crippen MR) is 99.4 cm³/mol. The van der Waals surface area contributed by atoms with Crippen LogP contribution in [0.3, 0.4) is 0 Å². The lowest BCUT2D eigenvalue weighted by molar-refractivity contribution is -0.0532. The number of para-hydroxylation sites is 1. The molecular formula is C21H16F3N3O. The molecule has 0 atom stereocenters. The summed E-state index contributed by atoms with van der Waals surface area (Å²) in [5.74, 6) is -0.823. The molecule has 0 unspecified atom stereocenters. The van der Waals surface area contributed by atoms with E-state index < -0.39 is 12.4 Å². The van der Waals surface area contributed by atoms with Gasteiger partial charge in [0.25, 0.3) is 0 Å². The second-order valence-corrected chi connectivity index (χ2v) is 6.33. The molecule has 0 aliphatic carbocycles. The Labute approximate surface area is 159 Å². The van der Waals surface area contributed by atoms with Gasteiger partial charge in [-0.3, -0.25) is 0 Å². The highest BCUT2D eigenvalue weighted by Gasteiger charge is 2.18. The van der Waals surface area contributed by atoms with Crippen molar-refractivity contribution in [3.63, 3.8) is 0 Å². The number of hydrogen-bond acceptors (Lipinski definition) is 3. The molecule has 4 rings (SSSR count). The van der Waals surface area contributed by atoms with E-state index in [-0.39, 0.29) is 11.4 Å². The summed E-state index contributed by atoms with van der Waals surface area (Å²) in [4.78, 5) is 4.04. The highest BCUT2D eigenvalue weighted by Crippen LogP contribution is 2.31. The van der Waals surface area contributed by atoms with Gasteiger partial charge in [0.1, 0.15) is 11.3 Å². The zero-order chi connectivity index (χ0) is 19.7. The summed E-state index contributed by atoms with van der Waals surface area (Å²) in [6, 6.07) is 13.9. The number of rotatable bonds is 5. The molecule has 4 nitrogen and oxygen atoms in total. The molecule has 7 heteroatoms. The van der Waals surface area contributed by atoms with Crippen LogP contribution in [-0.4, -0.2) is 21.4 Å². The van der Waals surface area contributed by atoms with Crippen molar-refractivity contribution in [1.29, 1.82) is 0 Å². The Morgan fingerprint density at radius 2 is 1.86 bits per heavy atom. The molecular weight excluding hydrogens is 367 g/mol. The van der Waals surface area contributed by atoms with Gasteiger partial charge in [-0.15, -0.1) is 0 Å². The van der Waals surface area contributed by atoms with Crippen molar-refractivity contribution in [3.05, 3.63) is 83.4 Å². The van der Waals surface area contributed by atoms with Crippen molar-refractivity contribution in [2.75, 3.05) is 0 Å². The first-order valence-corrected chi connectivity index (χ1v) is 8.64. The maximum Gasteiger partial charge on any atom is 0.388 e. The molecule has 0 aliphatic rings. The van der Waals surface area contributed by atoms with Gasteiger partial charge in [0, 0.05) is 29.8 Å². The highest BCUT2D eigenvalue weighted by molar-refractivity contribution is 5.84. The van der Waals surface area contributed by atoms with Crippen molar-refractivity contribution < 1.29 is 17.9 Å². The number of alkyl halides is 2. The zero-order valence-electron chi connectivity index (χ0n) is 14.9. The third kappa shape index (κ3) is 3.43. The van der Waals surface area contributed by atoms with Crippen LogP contribution in [0.15, 0.2) is 60.9 Å². The van der Waals surface area contributed by atoms with Gasteiger partial charge in [-0.05, 0) is 42.3 Å². The van der Waals surface area contributed by atoms with Gasteiger partial charge in [0.15, 0.2) is 0 Å². The Bertz CT molecular complexity index is 1110. The van der Waals surface area contributed by atoms with E-state index in [2.05, 4.69) is 14.8 Å². The van der Waals surface area contributed by atoms with Crippen LogP contribution >= 0.6 is 0 Å². The third-order valence-corrected chi connectivity index (χ3v) is 4.60. The lowest BCUT2D eigenvalue weighted by atomic mass is 9.98. The standard InChI is InChI=1S/C21H16F3N3O/c1-13-16-4-2-5-18(22)19(16)26-20(28-21(23)24)17(13)12-14-6-8-15(9-7-14)27-11-3-10-25-27/h2-11,21H,12H2,1H3. The molecule has 2 aromatic heterocycles. The number of aromatic nitrogens is 3. The summed E-state index contributed by atoms with van der Waals surface area (Å²) in [7, 11) is 0. The van der Waals surface area contributed by atoms with Crippen LogP contribution in [0.1, 0.15) is 16.7 Å². The first-order chi connectivity index (χ1) is 13.5. The van der Waals surface area contributed by atoms with Crippen molar-refractivity contribution >= 4 is 10.9 Å². The fraction of sp³-hybridized carbons (Fsp3) is 0.143. The molecule has 4 aromatic rings. The molecule has 0 radical (unpaired) electrons. The summed E-state index contributed by atoms with van der Waals surface area (Å²) in [6.45, 7) is -1.29. The lowest BCUT2D eigenvalue weighted by Crippen LogP contribution is -2.09. The van der Waals surface area contributed by atoms with Gasteiger partial charge >= 0.3 is 6.61 Å². The summed E-state index contributed by atoms with van der Waals surface area (Å²) >= 11 is 0. The average Bonchev–Trinajstić information content (AvgIpc) is 3.21. The van der Waals surface area contributed by atoms with Gasteiger partial charge in [-0.25, -0.2) is 14.1 Å². The topological polar surface area (TPSA) is 39.9 Å². The van der Waals surface area contributed by atoms with Crippen LogP contribution in [-0.2, 0) is 6.42 Å². The second-order valence-electron chi connectivity index (χ2n) is 6.33. The van der Waals surface area contributed by atoms with Crippen LogP contribution < -0.4 is 4.74 Å². The van der Waals surface area contributed by atoms with E-state index in [1.807, 2.05) is 36.5 Å². The molecule has 0 saturated heterocycles. The molecule has 28 heavy (non-hydrogen) atoms. The Morgan fingerprint density at radius 3 is 2.54 bits per heavy atom. The van der Waals surface area contributed by atoms with Gasteiger partial charge in [0.2, 0.25) is 5.88 Å². The Hall–Kier alpha value is -3.35. The van der Waals surface area contributed by atoms with Gasteiger partial charge in [-0.2, -0.15) is 13.9 Å². The molecule has 0 amide bonds. The van der Waals surface area contributed by atoms with E-state index in [9.17, 15) is 13.2 Å². The van der Waals surface area contributed by atoms with E-state index in [0.29, 0.717) is 22.9 Å². The quantitative estimate of drug-likeness (QED) is 0.484. The Morgan fingerprint density at radius 1 is 1.07 bits per heavy atom. The number of benzene rings is 2. The SMILES string of the molecule is Cc1c(Cc2ccc(-n3cccn3)cc2)c(OC(F)F)nc2c(F)cccc12. The molecule has 0 fully saturated rings. The maximum atomic E-state index is 14.1. The van der Waals surface area contributed by atoms with Crippen LogP contribution in [0.5, 0.6) is 5.88 Å². The van der Waals surface area contributed by atoms with Crippen molar-refractivity contribution in [1.82, 2.24) is 14.8 Å². The Kier molecular flexibility index (Phi) is 4.73. The molecule has 0 N–H and O–H groups in total. The number of ether oxygens (including phenoxy) is 1. The smallest absolute Gasteiger partial charge is 0.388 e. The highest BCUT2D eigenvalue weighted by atomic mass is 19.3. The molecule has 0 spiro atoms. The van der Waals surface area contributed by atoms with E-state index in [0.717, 1.165) is 11.3 Å². The van der Waals surface area contributed by atoms with Gasteiger partial charge < -0.3 is 4.74 Å². The Balaban J connectivity index is 1.75. The number of pyridine rings is 1.